The van der Waals surface area contributed by atoms with E-state index in [9.17, 15) is 22.4 Å². The van der Waals surface area contributed by atoms with E-state index in [1.807, 2.05) is 0 Å². The van der Waals surface area contributed by atoms with Crippen LogP contribution in [0, 0.1) is 23.3 Å². The summed E-state index contributed by atoms with van der Waals surface area (Å²) in [6.07, 6.45) is 1.73. The maximum absolute atomic E-state index is 13.8. The highest BCUT2D eigenvalue weighted by Crippen LogP contribution is 2.31. The first-order valence-electron chi connectivity index (χ1n) is 7.53. The standard InChI is InChI=1S/C16H17F4N3O2/c1-9(2)16(24)25-8-6-4-3-5-7-10-11(17)13(19)15(22-23-21)14(20)12(10)18/h1,3-8H2,2H3. The predicted molar refractivity (Wildman–Crippen MR) is 83.0 cm³/mol. The number of carbonyl (C=O) groups is 1. The number of ether oxygens (including phenoxy) is 1. The van der Waals surface area contributed by atoms with Gasteiger partial charge in [0, 0.05) is 16.0 Å². The summed E-state index contributed by atoms with van der Waals surface area (Å²) in [6, 6.07) is 0. The van der Waals surface area contributed by atoms with Crippen LogP contribution in [0.15, 0.2) is 17.3 Å². The Bertz CT molecular complexity index is 687. The van der Waals surface area contributed by atoms with Crippen molar-refractivity contribution >= 4 is 11.7 Å². The van der Waals surface area contributed by atoms with Gasteiger partial charge in [-0.15, -0.1) is 0 Å². The van der Waals surface area contributed by atoms with Crippen molar-refractivity contribution in [3.05, 3.63) is 51.4 Å². The topological polar surface area (TPSA) is 75.1 Å². The van der Waals surface area contributed by atoms with Crippen molar-refractivity contribution in [1.82, 2.24) is 0 Å². The Morgan fingerprint density at radius 3 is 2.16 bits per heavy atom. The maximum Gasteiger partial charge on any atom is 0.333 e. The molecule has 0 amide bonds. The fourth-order valence-electron chi connectivity index (χ4n) is 2.06. The van der Waals surface area contributed by atoms with Crippen molar-refractivity contribution in [2.24, 2.45) is 5.11 Å². The molecule has 0 aliphatic carbocycles. The highest BCUT2D eigenvalue weighted by Gasteiger charge is 2.24. The van der Waals surface area contributed by atoms with Gasteiger partial charge in [-0.3, -0.25) is 0 Å². The molecule has 0 spiro atoms. The lowest BCUT2D eigenvalue weighted by Crippen LogP contribution is -2.06. The van der Waals surface area contributed by atoms with Crippen LogP contribution in [0.2, 0.25) is 0 Å². The Kier molecular flexibility index (Phi) is 7.94. The molecule has 0 atom stereocenters. The van der Waals surface area contributed by atoms with E-state index in [-0.39, 0.29) is 19.4 Å². The number of azide groups is 1. The molecule has 0 radical (unpaired) electrons. The quantitative estimate of drug-likeness (QED) is 0.0864. The normalized spacial score (nSPS) is 10.3. The lowest BCUT2D eigenvalue weighted by atomic mass is 10.0. The summed E-state index contributed by atoms with van der Waals surface area (Å²) >= 11 is 0. The van der Waals surface area contributed by atoms with Crippen LogP contribution in [0.5, 0.6) is 0 Å². The number of halogens is 4. The summed E-state index contributed by atoms with van der Waals surface area (Å²) in [7, 11) is 0. The Labute approximate surface area is 141 Å². The van der Waals surface area contributed by atoms with Crippen molar-refractivity contribution in [2.75, 3.05) is 6.61 Å². The third kappa shape index (κ3) is 5.49. The van der Waals surface area contributed by atoms with E-state index in [1.54, 1.807) is 0 Å². The molecular weight excluding hydrogens is 342 g/mol. The van der Waals surface area contributed by atoms with Gasteiger partial charge in [-0.05, 0) is 31.7 Å². The van der Waals surface area contributed by atoms with Gasteiger partial charge in [-0.1, -0.05) is 24.5 Å². The molecule has 0 unspecified atom stereocenters. The molecule has 0 fully saturated rings. The van der Waals surface area contributed by atoms with Crippen LogP contribution < -0.4 is 0 Å². The van der Waals surface area contributed by atoms with Gasteiger partial charge in [-0.25, -0.2) is 22.4 Å². The molecule has 136 valence electrons. The summed E-state index contributed by atoms with van der Waals surface area (Å²) in [5, 5.41) is 2.63. The van der Waals surface area contributed by atoms with Gasteiger partial charge < -0.3 is 4.74 Å². The smallest absolute Gasteiger partial charge is 0.333 e. The zero-order chi connectivity index (χ0) is 19.0. The number of benzene rings is 1. The highest BCUT2D eigenvalue weighted by atomic mass is 19.2. The van der Waals surface area contributed by atoms with Crippen molar-refractivity contribution in [3.8, 4) is 0 Å². The van der Waals surface area contributed by atoms with Crippen LogP contribution in [-0.2, 0) is 16.0 Å². The maximum atomic E-state index is 13.8. The molecule has 1 aromatic carbocycles. The summed E-state index contributed by atoms with van der Waals surface area (Å²) in [5.41, 5.74) is 6.42. The molecule has 9 heteroatoms. The first-order chi connectivity index (χ1) is 11.8. The minimum absolute atomic E-state index is 0.193. The molecule has 1 rings (SSSR count). The number of carbonyl (C=O) groups excluding carboxylic acids is 1. The monoisotopic (exact) mass is 359 g/mol. The van der Waals surface area contributed by atoms with E-state index in [4.69, 9.17) is 10.3 Å². The summed E-state index contributed by atoms with van der Waals surface area (Å²) < 4.78 is 59.7. The third-order valence-electron chi connectivity index (χ3n) is 3.38. The second-order valence-electron chi connectivity index (χ2n) is 5.35. The molecule has 0 saturated heterocycles. The Morgan fingerprint density at radius 2 is 1.64 bits per heavy atom. The first-order valence-corrected chi connectivity index (χ1v) is 7.53. The molecule has 0 N–H and O–H groups in total. The molecule has 0 bridgehead atoms. The number of nitrogens with zero attached hydrogens (tertiary/aromatic N) is 3. The van der Waals surface area contributed by atoms with Crippen LogP contribution in [0.3, 0.4) is 0 Å². The fraction of sp³-hybridized carbons (Fsp3) is 0.438. The van der Waals surface area contributed by atoms with E-state index in [1.165, 1.54) is 6.92 Å². The molecule has 0 saturated carbocycles. The number of unbranched alkanes of at least 4 members (excludes halogenated alkanes) is 3. The Hall–Kier alpha value is -2.54. The van der Waals surface area contributed by atoms with Gasteiger partial charge >= 0.3 is 5.97 Å². The summed E-state index contributed by atoms with van der Waals surface area (Å²) in [6.45, 7) is 5.15. The van der Waals surface area contributed by atoms with Crippen molar-refractivity contribution in [3.63, 3.8) is 0 Å². The fourth-order valence-corrected chi connectivity index (χ4v) is 2.06. The average molecular weight is 359 g/mol. The largest absolute Gasteiger partial charge is 0.462 e. The van der Waals surface area contributed by atoms with Crippen LogP contribution in [-0.4, -0.2) is 12.6 Å². The molecule has 25 heavy (non-hydrogen) atoms. The van der Waals surface area contributed by atoms with Crippen molar-refractivity contribution in [2.45, 2.75) is 39.0 Å². The lowest BCUT2D eigenvalue weighted by molar-refractivity contribution is -0.139. The molecule has 0 aliphatic rings. The molecule has 0 aliphatic heterocycles. The minimum atomic E-state index is -1.71. The minimum Gasteiger partial charge on any atom is -0.462 e. The zero-order valence-corrected chi connectivity index (χ0v) is 13.6. The number of rotatable bonds is 9. The van der Waals surface area contributed by atoms with E-state index in [0.29, 0.717) is 24.8 Å². The summed E-state index contributed by atoms with van der Waals surface area (Å²) in [4.78, 5) is 13.3. The number of hydrogen-bond donors (Lipinski definition) is 0. The van der Waals surface area contributed by atoms with Gasteiger partial charge in [-0.2, -0.15) is 0 Å². The van der Waals surface area contributed by atoms with Crippen LogP contribution in [0.1, 0.15) is 38.2 Å². The van der Waals surface area contributed by atoms with E-state index < -0.39 is 40.5 Å². The van der Waals surface area contributed by atoms with Crippen LogP contribution in [0.4, 0.5) is 23.2 Å². The van der Waals surface area contributed by atoms with Crippen LogP contribution in [0.25, 0.3) is 10.4 Å². The van der Waals surface area contributed by atoms with E-state index >= 15 is 0 Å². The molecule has 0 heterocycles. The number of hydrogen-bond acceptors (Lipinski definition) is 3. The van der Waals surface area contributed by atoms with Gasteiger partial charge in [0.1, 0.15) is 5.69 Å². The second-order valence-corrected chi connectivity index (χ2v) is 5.35. The van der Waals surface area contributed by atoms with Crippen molar-refractivity contribution < 1.29 is 27.1 Å². The summed E-state index contributed by atoms with van der Waals surface area (Å²) in [5.74, 6) is -7.03. The average Bonchev–Trinajstić information content (AvgIpc) is 2.58. The molecule has 1 aromatic rings. The molecule has 5 nitrogen and oxygen atoms in total. The lowest BCUT2D eigenvalue weighted by Gasteiger charge is -2.09. The predicted octanol–water partition coefficient (Wildman–Crippen LogP) is 5.41. The SMILES string of the molecule is C=C(C)C(=O)OCCCCCCc1c(F)c(F)c(N=[N+]=[N-])c(F)c1F. The van der Waals surface area contributed by atoms with Gasteiger partial charge in [0.05, 0.1) is 6.61 Å². The van der Waals surface area contributed by atoms with E-state index in [2.05, 4.69) is 16.6 Å². The van der Waals surface area contributed by atoms with Gasteiger partial charge in [0.25, 0.3) is 0 Å². The van der Waals surface area contributed by atoms with Gasteiger partial charge in [0.15, 0.2) is 23.3 Å². The first kappa shape index (κ1) is 20.5. The van der Waals surface area contributed by atoms with Crippen LogP contribution >= 0.6 is 0 Å². The Balaban J connectivity index is 2.55. The highest BCUT2D eigenvalue weighted by molar-refractivity contribution is 5.86. The zero-order valence-electron chi connectivity index (χ0n) is 13.6. The van der Waals surface area contributed by atoms with E-state index in [0.717, 1.165) is 0 Å². The second kappa shape index (κ2) is 9.68. The molecule has 0 aromatic heterocycles. The Morgan fingerprint density at radius 1 is 1.08 bits per heavy atom. The van der Waals surface area contributed by atoms with Crippen molar-refractivity contribution in [1.29, 1.82) is 0 Å². The third-order valence-corrected chi connectivity index (χ3v) is 3.38. The molecular formula is C16H17F4N3O2. The van der Waals surface area contributed by atoms with Gasteiger partial charge in [0.2, 0.25) is 0 Å². The number of esters is 1.